The van der Waals surface area contributed by atoms with E-state index >= 15 is 0 Å². The van der Waals surface area contributed by atoms with Gasteiger partial charge in [-0.1, -0.05) is 17.7 Å². The van der Waals surface area contributed by atoms with E-state index in [2.05, 4.69) is 38.4 Å². The summed E-state index contributed by atoms with van der Waals surface area (Å²) in [6.45, 7) is 3.32. The molecule has 0 spiro atoms. The molecule has 2 N–H and O–H groups in total. The molecule has 0 atom stereocenters. The molecule has 1 aliphatic carbocycles. The van der Waals surface area contributed by atoms with Crippen LogP contribution in [0.5, 0.6) is 0 Å². The summed E-state index contributed by atoms with van der Waals surface area (Å²) in [5.41, 5.74) is 3.32. The van der Waals surface area contributed by atoms with Gasteiger partial charge < -0.3 is 15.2 Å². The van der Waals surface area contributed by atoms with Gasteiger partial charge >= 0.3 is 0 Å². The lowest BCUT2D eigenvalue weighted by Gasteiger charge is -2.41. The van der Waals surface area contributed by atoms with E-state index in [1.807, 2.05) is 18.5 Å². The first-order valence-electron chi connectivity index (χ1n) is 10.8. The van der Waals surface area contributed by atoms with Gasteiger partial charge in [0.1, 0.15) is 10.8 Å². The van der Waals surface area contributed by atoms with Gasteiger partial charge in [-0.25, -0.2) is 4.98 Å². The van der Waals surface area contributed by atoms with Crippen LogP contribution in [0.2, 0.25) is 0 Å². The van der Waals surface area contributed by atoms with Crippen molar-refractivity contribution in [2.24, 2.45) is 11.8 Å². The van der Waals surface area contributed by atoms with Gasteiger partial charge in [0.15, 0.2) is 0 Å². The zero-order chi connectivity index (χ0) is 18.9. The summed E-state index contributed by atoms with van der Waals surface area (Å²) in [5.74, 6) is 1.87. The summed E-state index contributed by atoms with van der Waals surface area (Å²) in [6, 6.07) is 4.69. The van der Waals surface area contributed by atoms with Crippen molar-refractivity contribution in [2.45, 2.75) is 44.6 Å². The van der Waals surface area contributed by atoms with Crippen LogP contribution in [0, 0.1) is 11.8 Å². The average Bonchev–Trinajstić information content (AvgIpc) is 3.19. The van der Waals surface area contributed by atoms with Crippen LogP contribution in [0.25, 0.3) is 16.6 Å². The summed E-state index contributed by atoms with van der Waals surface area (Å²) in [6.07, 6.45) is 16.3. The fourth-order valence-electron chi connectivity index (χ4n) is 5.46. The van der Waals surface area contributed by atoms with Crippen LogP contribution in [0.4, 0.5) is 0 Å². The van der Waals surface area contributed by atoms with Gasteiger partial charge in [0.2, 0.25) is 0 Å². The Morgan fingerprint density at radius 1 is 1.04 bits per heavy atom. The highest BCUT2D eigenvalue weighted by Crippen LogP contribution is 2.39. The van der Waals surface area contributed by atoms with Gasteiger partial charge in [-0.3, -0.25) is 0 Å². The molecule has 0 radical (unpaired) electrons. The van der Waals surface area contributed by atoms with Gasteiger partial charge in [0, 0.05) is 35.9 Å². The van der Waals surface area contributed by atoms with E-state index in [9.17, 15) is 0 Å². The topological polar surface area (TPSA) is 44.0 Å². The molecule has 2 aromatic rings. The predicted octanol–water partition coefficient (Wildman–Crippen LogP) is 4.90. The van der Waals surface area contributed by atoms with Crippen molar-refractivity contribution in [1.82, 2.24) is 20.2 Å². The molecule has 2 aliphatic heterocycles. The Morgan fingerprint density at radius 2 is 1.82 bits per heavy atom. The van der Waals surface area contributed by atoms with Crippen LogP contribution in [0.1, 0.15) is 44.1 Å². The number of piperidine rings is 1. The van der Waals surface area contributed by atoms with E-state index in [-0.39, 0.29) is 0 Å². The Kier molecular flexibility index (Phi) is 5.17. The molecule has 5 rings (SSSR count). The quantitative estimate of drug-likeness (QED) is 0.725. The van der Waals surface area contributed by atoms with Gasteiger partial charge in [-0.05, 0) is 87.2 Å². The fraction of sp³-hybridized carbons (Fsp3) is 0.522. The number of nitrogens with zero attached hydrogens (tertiary/aromatic N) is 2. The second-order valence-electron chi connectivity index (χ2n) is 8.54. The minimum absolute atomic E-state index is 0.587. The number of pyridine rings is 1. The Hall–Kier alpha value is -1.78. The monoisotopic (exact) mass is 396 g/mol. The van der Waals surface area contributed by atoms with Crippen LogP contribution < -0.4 is 5.32 Å². The number of nitrogens with one attached hydrogen (secondary N) is 2. The summed E-state index contributed by atoms with van der Waals surface area (Å²) in [4.78, 5) is 10.1. The Balaban J connectivity index is 1.25. The largest absolute Gasteiger partial charge is 0.356 e. The standard InChI is InChI=1S/C23H29ClN4/c24-22-14-18(21-15-27-23-20(21)2-1-10-26-23)9-13-28(22)19-5-3-16(4-6-19)17-7-11-25-12-8-17/h1-2,9-10,14-17,19,25H,3-8,11-13H2,(H,26,27). The molecule has 148 valence electrons. The maximum Gasteiger partial charge on any atom is 0.137 e. The molecular formula is C23H29ClN4. The third kappa shape index (κ3) is 3.48. The molecule has 1 saturated carbocycles. The molecule has 4 heterocycles. The Morgan fingerprint density at radius 3 is 2.61 bits per heavy atom. The van der Waals surface area contributed by atoms with Crippen molar-refractivity contribution in [3.63, 3.8) is 0 Å². The molecule has 1 saturated heterocycles. The van der Waals surface area contributed by atoms with Crippen LogP contribution in [0.15, 0.2) is 41.8 Å². The number of allylic oxidation sites excluding steroid dienone is 2. The molecule has 28 heavy (non-hydrogen) atoms. The molecule has 0 aromatic carbocycles. The summed E-state index contributed by atoms with van der Waals surface area (Å²) < 4.78 is 0. The zero-order valence-corrected chi connectivity index (χ0v) is 17.1. The Bertz CT molecular complexity index is 885. The average molecular weight is 397 g/mol. The van der Waals surface area contributed by atoms with Crippen molar-refractivity contribution in [3.05, 3.63) is 47.4 Å². The summed E-state index contributed by atoms with van der Waals surface area (Å²) in [7, 11) is 0. The molecule has 2 aromatic heterocycles. The lowest BCUT2D eigenvalue weighted by atomic mass is 9.74. The first-order chi connectivity index (χ1) is 13.8. The van der Waals surface area contributed by atoms with Crippen LogP contribution >= 0.6 is 11.6 Å². The van der Waals surface area contributed by atoms with Crippen molar-refractivity contribution < 1.29 is 0 Å². The van der Waals surface area contributed by atoms with E-state index < -0.39 is 0 Å². The molecule has 4 nitrogen and oxygen atoms in total. The second-order valence-corrected chi connectivity index (χ2v) is 8.92. The third-order valence-corrected chi connectivity index (χ3v) is 7.38. The molecule has 0 amide bonds. The van der Waals surface area contributed by atoms with Gasteiger partial charge in [0.05, 0.1) is 0 Å². The second kappa shape index (κ2) is 7.92. The third-order valence-electron chi connectivity index (χ3n) is 7.05. The van der Waals surface area contributed by atoms with Crippen molar-refractivity contribution in [3.8, 4) is 0 Å². The highest BCUT2D eigenvalue weighted by Gasteiger charge is 2.32. The van der Waals surface area contributed by atoms with Gasteiger partial charge in [-0.15, -0.1) is 0 Å². The number of halogens is 1. The van der Waals surface area contributed by atoms with E-state index in [0.717, 1.165) is 34.6 Å². The van der Waals surface area contributed by atoms with Crippen LogP contribution in [0.3, 0.4) is 0 Å². The van der Waals surface area contributed by atoms with E-state index in [0.29, 0.717) is 6.04 Å². The van der Waals surface area contributed by atoms with Crippen LogP contribution in [-0.2, 0) is 0 Å². The minimum Gasteiger partial charge on any atom is -0.356 e. The molecular weight excluding hydrogens is 368 g/mol. The number of aromatic amines is 1. The number of hydrogen-bond donors (Lipinski definition) is 2. The zero-order valence-electron chi connectivity index (χ0n) is 16.3. The minimum atomic E-state index is 0.587. The van der Waals surface area contributed by atoms with E-state index in [1.54, 1.807) is 0 Å². The maximum absolute atomic E-state index is 6.78. The maximum atomic E-state index is 6.78. The number of aromatic nitrogens is 2. The van der Waals surface area contributed by atoms with Gasteiger partial charge in [0.25, 0.3) is 0 Å². The lowest BCUT2D eigenvalue weighted by Crippen LogP contribution is -2.40. The number of H-pyrrole nitrogens is 1. The van der Waals surface area contributed by atoms with Crippen molar-refractivity contribution in [2.75, 3.05) is 19.6 Å². The van der Waals surface area contributed by atoms with Gasteiger partial charge in [-0.2, -0.15) is 0 Å². The number of rotatable bonds is 3. The highest BCUT2D eigenvalue weighted by molar-refractivity contribution is 6.30. The SMILES string of the molecule is ClC1=CC(c2c[nH]c3ncccc23)=CCN1C1CCC(C2CCNCC2)CC1. The smallest absolute Gasteiger partial charge is 0.137 e. The first-order valence-corrected chi connectivity index (χ1v) is 11.1. The summed E-state index contributed by atoms with van der Waals surface area (Å²) >= 11 is 6.78. The number of hydrogen-bond acceptors (Lipinski definition) is 3. The molecule has 0 bridgehead atoms. The molecule has 2 fully saturated rings. The number of fused-ring (bicyclic) bond motifs is 1. The molecule has 0 unspecified atom stereocenters. The highest BCUT2D eigenvalue weighted by atomic mass is 35.5. The van der Waals surface area contributed by atoms with E-state index in [4.69, 9.17) is 11.6 Å². The Labute approximate surface area is 172 Å². The fourth-order valence-corrected chi connectivity index (χ4v) is 5.78. The van der Waals surface area contributed by atoms with Crippen molar-refractivity contribution >= 4 is 28.2 Å². The normalized spacial score (nSPS) is 27.0. The summed E-state index contributed by atoms with van der Waals surface area (Å²) in [5, 5.41) is 5.55. The predicted molar refractivity (Wildman–Crippen MR) is 116 cm³/mol. The lowest BCUT2D eigenvalue weighted by molar-refractivity contribution is 0.141. The van der Waals surface area contributed by atoms with Crippen molar-refractivity contribution in [1.29, 1.82) is 0 Å². The first kappa shape index (κ1) is 18.3. The molecule has 3 aliphatic rings. The molecule has 5 heteroatoms. The van der Waals surface area contributed by atoms with E-state index in [1.165, 1.54) is 62.8 Å². The van der Waals surface area contributed by atoms with Crippen LogP contribution in [-0.4, -0.2) is 40.5 Å².